The molecule has 0 aromatic heterocycles. The molecular formula is C27H27NO4S. The number of Topliss-reactive ketones (excluding diaryl/α,β-unsaturated/α-hetero) is 1. The van der Waals surface area contributed by atoms with E-state index in [9.17, 15) is 19.5 Å². The molecule has 170 valence electrons. The maximum Gasteiger partial charge on any atom is 0.321 e. The van der Waals surface area contributed by atoms with E-state index in [0.717, 1.165) is 28.5 Å². The van der Waals surface area contributed by atoms with Gasteiger partial charge in [-0.15, -0.1) is 0 Å². The number of carboxylic acids is 1. The number of benzene rings is 3. The van der Waals surface area contributed by atoms with Gasteiger partial charge in [-0.25, -0.2) is 0 Å². The topological polar surface area (TPSA) is 83.5 Å². The first-order valence-electron chi connectivity index (χ1n) is 10.8. The van der Waals surface area contributed by atoms with Crippen LogP contribution in [0.3, 0.4) is 0 Å². The van der Waals surface area contributed by atoms with Crippen LogP contribution < -0.4 is 5.32 Å². The van der Waals surface area contributed by atoms with E-state index in [1.165, 1.54) is 6.92 Å². The van der Waals surface area contributed by atoms with Gasteiger partial charge in [0.15, 0.2) is 10.9 Å². The lowest BCUT2D eigenvalue weighted by Gasteiger charge is -2.21. The fourth-order valence-electron chi connectivity index (χ4n) is 3.63. The average molecular weight is 462 g/mol. The largest absolute Gasteiger partial charge is 0.480 e. The number of hydrogen-bond acceptors (Lipinski definition) is 5. The number of rotatable bonds is 11. The molecule has 33 heavy (non-hydrogen) atoms. The summed E-state index contributed by atoms with van der Waals surface area (Å²) in [6.45, 7) is 1.63. The van der Waals surface area contributed by atoms with Gasteiger partial charge in [0.25, 0.3) is 0 Å². The van der Waals surface area contributed by atoms with Gasteiger partial charge in [-0.3, -0.25) is 14.4 Å². The monoisotopic (exact) mass is 461 g/mol. The molecule has 3 aromatic rings. The van der Waals surface area contributed by atoms with E-state index in [-0.39, 0.29) is 23.9 Å². The quantitative estimate of drug-likeness (QED) is 0.402. The molecule has 3 rings (SSSR count). The predicted molar refractivity (Wildman–Crippen MR) is 132 cm³/mol. The van der Waals surface area contributed by atoms with Gasteiger partial charge in [0.1, 0.15) is 6.04 Å². The minimum atomic E-state index is -0.983. The summed E-state index contributed by atoms with van der Waals surface area (Å²) in [5.74, 6) is -1.32. The van der Waals surface area contributed by atoms with Gasteiger partial charge < -0.3 is 10.4 Å². The standard InChI is InChI=1S/C27H27NO4S/c1-19(29)33-18-23(26(30)21-12-6-3-7-13-21)17-28-25(27(31)32)16-22-14-8-9-15-24(22)20-10-4-2-5-11-20/h2-15,23,25,28H,16-18H2,1H3,(H,31,32)/t23?,25-/m0/s1. The van der Waals surface area contributed by atoms with E-state index >= 15 is 0 Å². The van der Waals surface area contributed by atoms with Crippen molar-refractivity contribution in [1.29, 1.82) is 0 Å². The summed E-state index contributed by atoms with van der Waals surface area (Å²) in [6.07, 6.45) is 0.270. The van der Waals surface area contributed by atoms with Crippen LogP contribution in [0.1, 0.15) is 22.8 Å². The number of nitrogens with one attached hydrogen (secondary N) is 1. The molecule has 0 saturated carbocycles. The van der Waals surface area contributed by atoms with Crippen LogP contribution >= 0.6 is 11.8 Å². The minimum absolute atomic E-state index is 0.0764. The third-order valence-electron chi connectivity index (χ3n) is 5.35. The third kappa shape index (κ3) is 7.14. The van der Waals surface area contributed by atoms with Gasteiger partial charge in [-0.2, -0.15) is 0 Å². The average Bonchev–Trinajstić information content (AvgIpc) is 2.84. The summed E-state index contributed by atoms with van der Waals surface area (Å²) in [5, 5.41) is 12.9. The lowest BCUT2D eigenvalue weighted by molar-refractivity contribution is -0.139. The Kier molecular flexibility index (Phi) is 8.98. The molecule has 6 heteroatoms. The lowest BCUT2D eigenvalue weighted by Crippen LogP contribution is -2.43. The van der Waals surface area contributed by atoms with Crippen molar-refractivity contribution in [2.24, 2.45) is 5.92 Å². The van der Waals surface area contributed by atoms with E-state index in [2.05, 4.69) is 5.32 Å². The van der Waals surface area contributed by atoms with Gasteiger partial charge in [-0.1, -0.05) is 96.7 Å². The Bertz CT molecular complexity index is 1090. The van der Waals surface area contributed by atoms with Crippen LogP contribution in [-0.4, -0.2) is 40.3 Å². The Balaban J connectivity index is 1.76. The zero-order valence-corrected chi connectivity index (χ0v) is 19.3. The number of thioether (sulfide) groups is 1. The third-order valence-corrected chi connectivity index (χ3v) is 6.33. The maximum atomic E-state index is 13.0. The molecule has 2 atom stereocenters. The first-order valence-corrected chi connectivity index (χ1v) is 11.8. The van der Waals surface area contributed by atoms with Crippen molar-refractivity contribution in [3.8, 4) is 11.1 Å². The molecule has 0 fully saturated rings. The smallest absolute Gasteiger partial charge is 0.321 e. The summed E-state index contributed by atoms with van der Waals surface area (Å²) in [6, 6.07) is 25.6. The second-order valence-corrected chi connectivity index (χ2v) is 8.95. The molecule has 0 aliphatic carbocycles. The Hall–Kier alpha value is -3.22. The molecular weight excluding hydrogens is 434 g/mol. The van der Waals surface area contributed by atoms with Crippen LogP contribution in [0.25, 0.3) is 11.1 Å². The molecule has 1 unspecified atom stereocenters. The van der Waals surface area contributed by atoms with E-state index < -0.39 is 17.9 Å². The number of ketones is 1. The second kappa shape index (κ2) is 12.1. The Morgan fingerprint density at radius 1 is 0.879 bits per heavy atom. The second-order valence-electron chi connectivity index (χ2n) is 7.76. The highest BCUT2D eigenvalue weighted by molar-refractivity contribution is 8.13. The molecule has 0 aliphatic rings. The van der Waals surface area contributed by atoms with E-state index in [4.69, 9.17) is 0 Å². The normalized spacial score (nSPS) is 12.6. The Labute approximate surface area is 198 Å². The molecule has 2 N–H and O–H groups in total. The lowest BCUT2D eigenvalue weighted by atomic mass is 9.94. The zero-order chi connectivity index (χ0) is 23.6. The molecule has 0 radical (unpaired) electrons. The highest BCUT2D eigenvalue weighted by Gasteiger charge is 2.25. The van der Waals surface area contributed by atoms with Gasteiger partial charge in [0.2, 0.25) is 0 Å². The van der Waals surface area contributed by atoms with E-state index in [1.54, 1.807) is 24.3 Å². The summed E-state index contributed by atoms with van der Waals surface area (Å²) < 4.78 is 0. The molecule has 3 aromatic carbocycles. The minimum Gasteiger partial charge on any atom is -0.480 e. The van der Waals surface area contributed by atoms with E-state index in [1.807, 2.05) is 60.7 Å². The number of hydrogen-bond donors (Lipinski definition) is 2. The van der Waals surface area contributed by atoms with Gasteiger partial charge in [0, 0.05) is 30.7 Å². The van der Waals surface area contributed by atoms with Crippen LogP contribution in [0.2, 0.25) is 0 Å². The van der Waals surface area contributed by atoms with Crippen LogP contribution in [0, 0.1) is 5.92 Å². The van der Waals surface area contributed by atoms with Crippen LogP contribution in [0.5, 0.6) is 0 Å². The van der Waals surface area contributed by atoms with Crippen molar-refractivity contribution >= 4 is 28.6 Å². The van der Waals surface area contributed by atoms with Gasteiger partial charge >= 0.3 is 5.97 Å². The molecule has 5 nitrogen and oxygen atoms in total. The Morgan fingerprint density at radius 3 is 2.12 bits per heavy atom. The maximum absolute atomic E-state index is 13.0. The van der Waals surface area contributed by atoms with Crippen molar-refractivity contribution in [2.75, 3.05) is 12.3 Å². The highest BCUT2D eigenvalue weighted by atomic mass is 32.2. The van der Waals surface area contributed by atoms with Crippen molar-refractivity contribution < 1.29 is 19.5 Å². The van der Waals surface area contributed by atoms with Gasteiger partial charge in [0.05, 0.1) is 0 Å². The molecule has 0 heterocycles. The van der Waals surface area contributed by atoms with Crippen LogP contribution in [0.15, 0.2) is 84.9 Å². The van der Waals surface area contributed by atoms with E-state index in [0.29, 0.717) is 11.3 Å². The van der Waals surface area contributed by atoms with Crippen molar-refractivity contribution in [1.82, 2.24) is 5.32 Å². The fraction of sp³-hybridized carbons (Fsp3) is 0.222. The summed E-state index contributed by atoms with van der Waals surface area (Å²) in [5.41, 5.74) is 3.46. The summed E-state index contributed by atoms with van der Waals surface area (Å²) in [7, 11) is 0. The van der Waals surface area contributed by atoms with Crippen molar-refractivity contribution in [2.45, 2.75) is 19.4 Å². The molecule has 0 spiro atoms. The van der Waals surface area contributed by atoms with Gasteiger partial charge in [-0.05, 0) is 23.1 Å². The zero-order valence-electron chi connectivity index (χ0n) is 18.4. The van der Waals surface area contributed by atoms with Crippen LogP contribution in [-0.2, 0) is 16.0 Å². The van der Waals surface area contributed by atoms with Crippen LogP contribution in [0.4, 0.5) is 0 Å². The summed E-state index contributed by atoms with van der Waals surface area (Å²) in [4.78, 5) is 36.6. The highest BCUT2D eigenvalue weighted by Crippen LogP contribution is 2.24. The first kappa shape index (κ1) is 24.4. The number of carbonyl (C=O) groups excluding carboxylic acids is 2. The molecule has 0 saturated heterocycles. The first-order chi connectivity index (χ1) is 16.0. The Morgan fingerprint density at radius 2 is 1.48 bits per heavy atom. The number of aliphatic carboxylic acids is 1. The number of carbonyl (C=O) groups is 3. The predicted octanol–water partition coefficient (Wildman–Crippen LogP) is 4.72. The van der Waals surface area contributed by atoms with Crippen molar-refractivity contribution in [3.63, 3.8) is 0 Å². The molecule has 0 amide bonds. The van der Waals surface area contributed by atoms with Crippen molar-refractivity contribution in [3.05, 3.63) is 96.1 Å². The summed E-state index contributed by atoms with van der Waals surface area (Å²) >= 11 is 1.08. The molecule has 0 bridgehead atoms. The number of carboxylic acid groups (broad SMARTS) is 1. The fourth-order valence-corrected chi connectivity index (χ4v) is 4.34. The molecule has 0 aliphatic heterocycles. The SMILES string of the molecule is CC(=O)SCC(CN[C@@H](Cc1ccccc1-c1ccccc1)C(=O)O)C(=O)c1ccccc1.